The molecule has 6 nitrogen and oxygen atoms in total. The Morgan fingerprint density at radius 3 is 2.80 bits per heavy atom. The zero-order valence-corrected chi connectivity index (χ0v) is 17.2. The summed E-state index contributed by atoms with van der Waals surface area (Å²) < 4.78 is 0. The van der Waals surface area contributed by atoms with Gasteiger partial charge in [0.15, 0.2) is 5.82 Å². The van der Waals surface area contributed by atoms with E-state index < -0.39 is 0 Å². The monoisotopic (exact) mass is 401 g/mol. The molecule has 1 aromatic heterocycles. The van der Waals surface area contributed by atoms with Gasteiger partial charge >= 0.3 is 0 Å². The minimum absolute atomic E-state index is 0.0877. The van der Waals surface area contributed by atoms with Gasteiger partial charge in [0, 0.05) is 43.1 Å². The van der Waals surface area contributed by atoms with E-state index in [0.717, 1.165) is 43.1 Å². The van der Waals surface area contributed by atoms with Crippen LogP contribution in [0.25, 0.3) is 0 Å². The van der Waals surface area contributed by atoms with Gasteiger partial charge in [-0.2, -0.15) is 5.10 Å². The molecule has 1 aliphatic heterocycles. The molecule has 1 saturated heterocycles. The van der Waals surface area contributed by atoms with Crippen LogP contribution in [0.3, 0.4) is 0 Å². The summed E-state index contributed by atoms with van der Waals surface area (Å²) in [5, 5.41) is 11.3. The maximum Gasteiger partial charge on any atom is 0.255 e. The van der Waals surface area contributed by atoms with Crippen LogP contribution in [-0.2, 0) is 6.54 Å². The number of hydrogen-bond acceptors (Lipinski definition) is 5. The Morgan fingerprint density at radius 1 is 1.13 bits per heavy atom. The highest BCUT2D eigenvalue weighted by Gasteiger charge is 2.26. The molecule has 0 bridgehead atoms. The van der Waals surface area contributed by atoms with Gasteiger partial charge in [0.05, 0.1) is 0 Å². The van der Waals surface area contributed by atoms with Crippen molar-refractivity contribution in [2.75, 3.05) is 30.4 Å². The van der Waals surface area contributed by atoms with Crippen molar-refractivity contribution in [2.45, 2.75) is 25.4 Å². The third kappa shape index (κ3) is 5.02. The quantitative estimate of drug-likeness (QED) is 0.652. The van der Waals surface area contributed by atoms with Crippen LogP contribution < -0.4 is 10.2 Å². The van der Waals surface area contributed by atoms with E-state index in [0.29, 0.717) is 11.6 Å². The number of benzene rings is 2. The van der Waals surface area contributed by atoms with Crippen molar-refractivity contribution in [2.24, 2.45) is 0 Å². The molecule has 1 aliphatic rings. The molecule has 1 N–H and O–H groups in total. The lowest BCUT2D eigenvalue weighted by Crippen LogP contribution is -2.39. The van der Waals surface area contributed by atoms with Crippen LogP contribution in [0.15, 0.2) is 72.9 Å². The molecule has 2 heterocycles. The third-order valence-electron chi connectivity index (χ3n) is 5.43. The van der Waals surface area contributed by atoms with Crippen molar-refractivity contribution in [3.05, 3.63) is 84.1 Å². The Kier molecular flexibility index (Phi) is 6.35. The molecule has 1 amide bonds. The van der Waals surface area contributed by atoms with Crippen molar-refractivity contribution in [1.29, 1.82) is 0 Å². The number of nitrogens with one attached hydrogen (secondary N) is 1. The highest BCUT2D eigenvalue weighted by Crippen LogP contribution is 2.24. The third-order valence-corrected chi connectivity index (χ3v) is 5.43. The Bertz CT molecular complexity index is 964. The first-order valence-electron chi connectivity index (χ1n) is 10.4. The summed E-state index contributed by atoms with van der Waals surface area (Å²) in [7, 11) is 2.13. The molecule has 0 spiro atoms. The van der Waals surface area contributed by atoms with E-state index in [4.69, 9.17) is 0 Å². The average Bonchev–Trinajstić information content (AvgIpc) is 3.23. The van der Waals surface area contributed by atoms with Crippen LogP contribution >= 0.6 is 0 Å². The van der Waals surface area contributed by atoms with E-state index in [1.807, 2.05) is 60.7 Å². The summed E-state index contributed by atoms with van der Waals surface area (Å²) in [6, 6.07) is 21.8. The van der Waals surface area contributed by atoms with Gasteiger partial charge in [-0.1, -0.05) is 30.3 Å². The number of aromatic nitrogens is 2. The molecular formula is C24H27N5O. The van der Waals surface area contributed by atoms with Crippen LogP contribution in [0.5, 0.6) is 0 Å². The van der Waals surface area contributed by atoms with Gasteiger partial charge in [-0.15, -0.1) is 5.10 Å². The van der Waals surface area contributed by atoms with Crippen molar-refractivity contribution < 1.29 is 4.79 Å². The molecular weight excluding hydrogens is 374 g/mol. The summed E-state index contributed by atoms with van der Waals surface area (Å²) in [5.74, 6) is 0.864. The second-order valence-corrected chi connectivity index (χ2v) is 7.79. The van der Waals surface area contributed by atoms with Crippen LogP contribution in [0, 0.1) is 0 Å². The van der Waals surface area contributed by atoms with Crippen molar-refractivity contribution >= 4 is 17.4 Å². The molecule has 4 rings (SSSR count). The fourth-order valence-corrected chi connectivity index (χ4v) is 4.05. The van der Waals surface area contributed by atoms with E-state index in [2.05, 4.69) is 38.4 Å². The molecule has 6 heteroatoms. The van der Waals surface area contributed by atoms with Crippen LogP contribution in [0.4, 0.5) is 11.5 Å². The normalized spacial score (nSPS) is 16.1. The molecule has 3 aromatic rings. The number of para-hydroxylation sites is 1. The van der Waals surface area contributed by atoms with Gasteiger partial charge in [0.2, 0.25) is 0 Å². The fraction of sp³-hybridized carbons (Fsp3) is 0.292. The molecule has 2 aromatic carbocycles. The first-order valence-corrected chi connectivity index (χ1v) is 10.4. The molecule has 154 valence electrons. The van der Waals surface area contributed by atoms with Crippen molar-refractivity contribution in [3.8, 4) is 0 Å². The lowest BCUT2D eigenvalue weighted by molar-refractivity contribution is 0.102. The number of carbonyl (C=O) groups excluding carboxylic acids is 1. The van der Waals surface area contributed by atoms with Crippen molar-refractivity contribution in [1.82, 2.24) is 15.1 Å². The predicted octanol–water partition coefficient (Wildman–Crippen LogP) is 3.83. The standard InChI is InChI=1S/C24H27N5O/c1-28(18-22-12-7-15-29(22)23-13-6-14-25-27-23)17-19-8-5-9-20(16-19)24(30)26-21-10-3-2-4-11-21/h2-6,8-11,13-14,16,22H,7,12,15,17-18H2,1H3,(H,26,30). The molecule has 0 saturated carbocycles. The van der Waals surface area contributed by atoms with E-state index in [9.17, 15) is 4.79 Å². The molecule has 1 fully saturated rings. The fourth-order valence-electron chi connectivity index (χ4n) is 4.05. The highest BCUT2D eigenvalue weighted by atomic mass is 16.1. The maximum absolute atomic E-state index is 12.6. The van der Waals surface area contributed by atoms with E-state index in [1.165, 1.54) is 6.42 Å². The minimum Gasteiger partial charge on any atom is -0.351 e. The Labute approximate surface area is 177 Å². The molecule has 1 unspecified atom stereocenters. The lowest BCUT2D eigenvalue weighted by atomic mass is 10.1. The second-order valence-electron chi connectivity index (χ2n) is 7.79. The summed E-state index contributed by atoms with van der Waals surface area (Å²) in [5.41, 5.74) is 2.60. The van der Waals surface area contributed by atoms with Gasteiger partial charge in [0.25, 0.3) is 5.91 Å². The van der Waals surface area contributed by atoms with Gasteiger partial charge < -0.3 is 15.1 Å². The summed E-state index contributed by atoms with van der Waals surface area (Å²) in [6.07, 6.45) is 4.03. The molecule has 0 radical (unpaired) electrons. The topological polar surface area (TPSA) is 61.4 Å². The van der Waals surface area contributed by atoms with E-state index in [1.54, 1.807) is 6.20 Å². The number of rotatable bonds is 7. The molecule has 30 heavy (non-hydrogen) atoms. The van der Waals surface area contributed by atoms with Gasteiger partial charge in [-0.05, 0) is 61.9 Å². The number of likely N-dealkylation sites (N-methyl/N-ethyl adjacent to an activating group) is 1. The van der Waals surface area contributed by atoms with E-state index >= 15 is 0 Å². The minimum atomic E-state index is -0.0877. The smallest absolute Gasteiger partial charge is 0.255 e. The largest absolute Gasteiger partial charge is 0.351 e. The Balaban J connectivity index is 1.37. The Morgan fingerprint density at radius 2 is 2.00 bits per heavy atom. The van der Waals surface area contributed by atoms with Crippen LogP contribution in [0.2, 0.25) is 0 Å². The predicted molar refractivity (Wildman–Crippen MR) is 120 cm³/mol. The number of nitrogens with zero attached hydrogens (tertiary/aromatic N) is 4. The SMILES string of the molecule is CN(Cc1cccc(C(=O)Nc2ccccc2)c1)CC1CCCN1c1cccnn1. The zero-order chi connectivity index (χ0) is 20.8. The average molecular weight is 402 g/mol. The van der Waals surface area contributed by atoms with Gasteiger partial charge in [-0.3, -0.25) is 4.79 Å². The highest BCUT2D eigenvalue weighted by molar-refractivity contribution is 6.04. The summed E-state index contributed by atoms with van der Waals surface area (Å²) >= 11 is 0. The number of amides is 1. The van der Waals surface area contributed by atoms with Crippen LogP contribution in [-0.4, -0.2) is 47.2 Å². The van der Waals surface area contributed by atoms with Crippen LogP contribution in [0.1, 0.15) is 28.8 Å². The second kappa shape index (κ2) is 9.50. The first-order chi connectivity index (χ1) is 14.7. The lowest BCUT2D eigenvalue weighted by Gasteiger charge is -2.29. The molecule has 1 atom stereocenters. The Hall–Kier alpha value is -3.25. The number of anilines is 2. The van der Waals surface area contributed by atoms with Crippen molar-refractivity contribution in [3.63, 3.8) is 0 Å². The zero-order valence-electron chi connectivity index (χ0n) is 17.2. The number of carbonyl (C=O) groups is 1. The maximum atomic E-state index is 12.6. The van der Waals surface area contributed by atoms with Gasteiger partial charge in [-0.25, -0.2) is 0 Å². The molecule has 0 aliphatic carbocycles. The first kappa shape index (κ1) is 20.0. The summed E-state index contributed by atoms with van der Waals surface area (Å²) in [6.45, 7) is 2.75. The number of hydrogen-bond donors (Lipinski definition) is 1. The van der Waals surface area contributed by atoms with E-state index in [-0.39, 0.29) is 5.91 Å². The summed E-state index contributed by atoms with van der Waals surface area (Å²) in [4.78, 5) is 17.3. The van der Waals surface area contributed by atoms with Gasteiger partial charge in [0.1, 0.15) is 0 Å².